The van der Waals surface area contributed by atoms with Gasteiger partial charge in [0.15, 0.2) is 0 Å². The summed E-state index contributed by atoms with van der Waals surface area (Å²) in [5.74, 6) is 0.709. The molecule has 1 fully saturated rings. The van der Waals surface area contributed by atoms with E-state index in [4.69, 9.17) is 5.73 Å². The Morgan fingerprint density at radius 1 is 1.12 bits per heavy atom. The van der Waals surface area contributed by atoms with Crippen LogP contribution in [0.5, 0.6) is 0 Å². The van der Waals surface area contributed by atoms with E-state index in [-0.39, 0.29) is 6.04 Å². The number of hydrogen-bond donors (Lipinski definition) is 1. The first-order valence-corrected chi connectivity index (χ1v) is 7.15. The molecule has 0 aliphatic heterocycles. The molecule has 17 heavy (non-hydrogen) atoms. The minimum atomic E-state index is 0.256. The largest absolute Gasteiger partial charge is 0.324 e. The van der Waals surface area contributed by atoms with Gasteiger partial charge in [0.25, 0.3) is 0 Å². The van der Waals surface area contributed by atoms with Crippen molar-refractivity contribution in [1.29, 1.82) is 0 Å². The van der Waals surface area contributed by atoms with E-state index in [0.29, 0.717) is 5.92 Å². The molecular formula is C16H25N. The molecule has 0 spiro atoms. The van der Waals surface area contributed by atoms with Crippen LogP contribution in [-0.4, -0.2) is 0 Å². The zero-order valence-electron chi connectivity index (χ0n) is 11.0. The standard InChI is InChI=1S/C16H25N/c1-2-6-13-9-11-15(12-10-13)16(17)14-7-4-3-5-8-14/h9-12,14,16H,2-8,17H2,1H3. The van der Waals surface area contributed by atoms with Gasteiger partial charge in [0.1, 0.15) is 0 Å². The van der Waals surface area contributed by atoms with Crippen molar-refractivity contribution in [3.8, 4) is 0 Å². The SMILES string of the molecule is CCCc1ccc(C(N)C2CCCCC2)cc1. The van der Waals surface area contributed by atoms with E-state index in [1.165, 1.54) is 56.1 Å². The maximum Gasteiger partial charge on any atom is 0.0323 e. The summed E-state index contributed by atoms with van der Waals surface area (Å²) in [5.41, 5.74) is 9.16. The lowest BCUT2D eigenvalue weighted by Crippen LogP contribution is -2.23. The summed E-state index contributed by atoms with van der Waals surface area (Å²) in [4.78, 5) is 0. The predicted octanol–water partition coefficient (Wildman–Crippen LogP) is 4.22. The molecule has 1 saturated carbocycles. The number of rotatable bonds is 4. The van der Waals surface area contributed by atoms with Gasteiger partial charge >= 0.3 is 0 Å². The molecule has 0 saturated heterocycles. The Morgan fingerprint density at radius 3 is 2.35 bits per heavy atom. The molecule has 2 rings (SSSR count). The smallest absolute Gasteiger partial charge is 0.0323 e. The average molecular weight is 231 g/mol. The van der Waals surface area contributed by atoms with Crippen molar-refractivity contribution in [2.24, 2.45) is 11.7 Å². The van der Waals surface area contributed by atoms with E-state index >= 15 is 0 Å². The highest BCUT2D eigenvalue weighted by atomic mass is 14.7. The molecule has 1 aromatic rings. The van der Waals surface area contributed by atoms with Gasteiger partial charge in [-0.05, 0) is 36.3 Å². The zero-order valence-corrected chi connectivity index (χ0v) is 11.0. The minimum Gasteiger partial charge on any atom is -0.324 e. The van der Waals surface area contributed by atoms with Crippen LogP contribution in [-0.2, 0) is 6.42 Å². The lowest BCUT2D eigenvalue weighted by atomic mass is 9.81. The highest BCUT2D eigenvalue weighted by molar-refractivity contribution is 5.25. The Bertz CT molecular complexity index is 322. The van der Waals surface area contributed by atoms with Gasteiger partial charge < -0.3 is 5.73 Å². The summed E-state index contributed by atoms with van der Waals surface area (Å²) < 4.78 is 0. The Kier molecular flexibility index (Phi) is 4.61. The van der Waals surface area contributed by atoms with Crippen LogP contribution in [0, 0.1) is 5.92 Å². The third kappa shape index (κ3) is 3.32. The predicted molar refractivity (Wildman–Crippen MR) is 73.9 cm³/mol. The molecule has 0 amide bonds. The molecule has 1 heteroatoms. The maximum atomic E-state index is 6.39. The van der Waals surface area contributed by atoms with Gasteiger partial charge in [-0.25, -0.2) is 0 Å². The summed E-state index contributed by atoms with van der Waals surface area (Å²) in [5, 5.41) is 0. The molecule has 0 heterocycles. The first kappa shape index (κ1) is 12.6. The van der Waals surface area contributed by atoms with Crippen LogP contribution in [0.4, 0.5) is 0 Å². The highest BCUT2D eigenvalue weighted by Gasteiger charge is 2.21. The summed E-state index contributed by atoms with van der Waals surface area (Å²) in [6, 6.07) is 9.24. The van der Waals surface area contributed by atoms with Gasteiger partial charge in [0.05, 0.1) is 0 Å². The van der Waals surface area contributed by atoms with E-state index in [1.54, 1.807) is 0 Å². The summed E-state index contributed by atoms with van der Waals surface area (Å²) in [6.07, 6.45) is 9.17. The molecule has 1 unspecified atom stereocenters. The van der Waals surface area contributed by atoms with Gasteiger partial charge in [0, 0.05) is 6.04 Å². The van der Waals surface area contributed by atoms with Crippen LogP contribution in [0.2, 0.25) is 0 Å². The Hall–Kier alpha value is -0.820. The summed E-state index contributed by atoms with van der Waals surface area (Å²) in [7, 11) is 0. The van der Waals surface area contributed by atoms with Crippen LogP contribution in [0.1, 0.15) is 62.6 Å². The second-order valence-electron chi connectivity index (χ2n) is 5.42. The third-order valence-corrected chi connectivity index (χ3v) is 4.06. The highest BCUT2D eigenvalue weighted by Crippen LogP contribution is 2.32. The second kappa shape index (κ2) is 6.20. The summed E-state index contributed by atoms with van der Waals surface area (Å²) >= 11 is 0. The van der Waals surface area contributed by atoms with Gasteiger partial charge in [-0.2, -0.15) is 0 Å². The van der Waals surface area contributed by atoms with Crippen LogP contribution >= 0.6 is 0 Å². The van der Waals surface area contributed by atoms with Crippen LogP contribution in [0.15, 0.2) is 24.3 Å². The van der Waals surface area contributed by atoms with E-state index in [0.717, 1.165) is 0 Å². The number of hydrogen-bond acceptors (Lipinski definition) is 1. The molecule has 94 valence electrons. The van der Waals surface area contributed by atoms with Crippen molar-refractivity contribution >= 4 is 0 Å². The van der Waals surface area contributed by atoms with Crippen LogP contribution in [0.3, 0.4) is 0 Å². The lowest BCUT2D eigenvalue weighted by Gasteiger charge is -2.27. The van der Waals surface area contributed by atoms with E-state index < -0.39 is 0 Å². The molecule has 1 aromatic carbocycles. The van der Waals surface area contributed by atoms with Crippen molar-refractivity contribution < 1.29 is 0 Å². The fraction of sp³-hybridized carbons (Fsp3) is 0.625. The zero-order chi connectivity index (χ0) is 12.1. The van der Waals surface area contributed by atoms with Crippen molar-refractivity contribution in [3.05, 3.63) is 35.4 Å². The molecular weight excluding hydrogens is 206 g/mol. The van der Waals surface area contributed by atoms with Crippen molar-refractivity contribution in [3.63, 3.8) is 0 Å². The summed E-state index contributed by atoms with van der Waals surface area (Å²) in [6.45, 7) is 2.22. The van der Waals surface area contributed by atoms with Crippen molar-refractivity contribution in [1.82, 2.24) is 0 Å². The lowest BCUT2D eigenvalue weighted by molar-refractivity contribution is 0.308. The number of aryl methyl sites for hydroxylation is 1. The quantitative estimate of drug-likeness (QED) is 0.825. The number of nitrogens with two attached hydrogens (primary N) is 1. The number of benzene rings is 1. The molecule has 2 N–H and O–H groups in total. The maximum absolute atomic E-state index is 6.39. The normalized spacial score (nSPS) is 19.2. The second-order valence-corrected chi connectivity index (χ2v) is 5.42. The van der Waals surface area contributed by atoms with Gasteiger partial charge in [-0.15, -0.1) is 0 Å². The first-order chi connectivity index (χ1) is 8.31. The Balaban J connectivity index is 2.00. The fourth-order valence-corrected chi connectivity index (χ4v) is 2.96. The van der Waals surface area contributed by atoms with Crippen molar-refractivity contribution in [2.45, 2.75) is 57.9 Å². The molecule has 1 nitrogen and oxygen atoms in total. The van der Waals surface area contributed by atoms with E-state index in [2.05, 4.69) is 31.2 Å². The Morgan fingerprint density at radius 2 is 1.76 bits per heavy atom. The van der Waals surface area contributed by atoms with Gasteiger partial charge in [-0.3, -0.25) is 0 Å². The molecule has 0 bridgehead atoms. The monoisotopic (exact) mass is 231 g/mol. The first-order valence-electron chi connectivity index (χ1n) is 7.15. The van der Waals surface area contributed by atoms with Gasteiger partial charge in [-0.1, -0.05) is 56.9 Å². The minimum absolute atomic E-state index is 0.256. The van der Waals surface area contributed by atoms with Crippen LogP contribution < -0.4 is 5.73 Å². The van der Waals surface area contributed by atoms with E-state index in [1.807, 2.05) is 0 Å². The molecule has 1 atom stereocenters. The third-order valence-electron chi connectivity index (χ3n) is 4.06. The average Bonchev–Trinajstić information content (AvgIpc) is 2.40. The van der Waals surface area contributed by atoms with Gasteiger partial charge in [0.2, 0.25) is 0 Å². The molecule has 0 aromatic heterocycles. The molecule has 1 aliphatic rings. The van der Waals surface area contributed by atoms with E-state index in [9.17, 15) is 0 Å². The topological polar surface area (TPSA) is 26.0 Å². The van der Waals surface area contributed by atoms with Crippen molar-refractivity contribution in [2.75, 3.05) is 0 Å². The molecule has 0 radical (unpaired) electrons. The fourth-order valence-electron chi connectivity index (χ4n) is 2.96. The Labute approximate surface area is 105 Å². The molecule has 1 aliphatic carbocycles. The van der Waals surface area contributed by atoms with Crippen LogP contribution in [0.25, 0.3) is 0 Å².